The summed E-state index contributed by atoms with van der Waals surface area (Å²) in [6.45, 7) is 2.91. The van der Waals surface area contributed by atoms with Gasteiger partial charge in [0, 0.05) is 10.4 Å². The molecule has 2 N–H and O–H groups in total. The van der Waals surface area contributed by atoms with E-state index in [0.717, 1.165) is 31.5 Å². The Bertz CT molecular complexity index is 599. The zero-order valence-corrected chi connectivity index (χ0v) is 11.8. The quantitative estimate of drug-likeness (QED) is 0.881. The van der Waals surface area contributed by atoms with Crippen molar-refractivity contribution in [1.29, 1.82) is 0 Å². The van der Waals surface area contributed by atoms with Crippen molar-refractivity contribution in [2.75, 3.05) is 11.9 Å². The van der Waals surface area contributed by atoms with E-state index < -0.39 is 5.54 Å². The van der Waals surface area contributed by atoms with Gasteiger partial charge in [0.05, 0.1) is 5.54 Å². The lowest BCUT2D eigenvalue weighted by atomic mass is 9.90. The zero-order chi connectivity index (χ0) is 13.3. The first-order chi connectivity index (χ1) is 9.17. The molecule has 1 aliphatic heterocycles. The second-order valence-corrected chi connectivity index (χ2v) is 6.29. The number of amides is 1. The molecule has 1 amide bonds. The van der Waals surface area contributed by atoms with Crippen LogP contribution in [0.2, 0.25) is 0 Å². The zero-order valence-electron chi connectivity index (χ0n) is 11.0. The smallest absolute Gasteiger partial charge is 0.244 e. The van der Waals surface area contributed by atoms with E-state index >= 15 is 0 Å². The fourth-order valence-corrected chi connectivity index (χ4v) is 3.33. The Morgan fingerprint density at radius 2 is 2.26 bits per heavy atom. The predicted molar refractivity (Wildman–Crippen MR) is 80.7 cm³/mol. The van der Waals surface area contributed by atoms with Gasteiger partial charge in [0.2, 0.25) is 5.91 Å². The number of nitrogens with one attached hydrogen (secondary N) is 2. The minimum absolute atomic E-state index is 0.0711. The molecule has 2 aromatic rings. The summed E-state index contributed by atoms with van der Waals surface area (Å²) < 4.78 is 1.25. The van der Waals surface area contributed by atoms with Crippen molar-refractivity contribution in [2.45, 2.75) is 31.7 Å². The Hall–Kier alpha value is -1.39. The molecule has 0 aliphatic carbocycles. The second kappa shape index (κ2) is 4.94. The summed E-state index contributed by atoms with van der Waals surface area (Å²) >= 11 is 1.72. The van der Waals surface area contributed by atoms with Crippen LogP contribution in [0, 0.1) is 0 Å². The van der Waals surface area contributed by atoms with E-state index in [9.17, 15) is 4.79 Å². The predicted octanol–water partition coefficient (Wildman–Crippen LogP) is 3.37. The van der Waals surface area contributed by atoms with E-state index in [1.54, 1.807) is 11.3 Å². The Morgan fingerprint density at radius 3 is 3.05 bits per heavy atom. The van der Waals surface area contributed by atoms with Gasteiger partial charge in [-0.2, -0.15) is 0 Å². The SMILES string of the molecule is CC1(C(=O)Nc2ccc3sccc3c2)CCCCN1. The molecule has 1 aliphatic rings. The number of hydrogen-bond donors (Lipinski definition) is 2. The topological polar surface area (TPSA) is 41.1 Å². The monoisotopic (exact) mass is 274 g/mol. The molecular formula is C15H18N2OS. The molecule has 1 aromatic heterocycles. The van der Waals surface area contributed by atoms with Crippen LogP contribution in [0.3, 0.4) is 0 Å². The summed E-state index contributed by atoms with van der Waals surface area (Å²) in [6, 6.07) is 8.15. The molecule has 1 aromatic carbocycles. The summed E-state index contributed by atoms with van der Waals surface area (Å²) in [5, 5.41) is 9.63. The lowest BCUT2D eigenvalue weighted by molar-refractivity contribution is -0.122. The van der Waals surface area contributed by atoms with Crippen LogP contribution in [0.5, 0.6) is 0 Å². The summed E-state index contributed by atoms with van der Waals surface area (Å²) in [6.07, 6.45) is 3.17. The molecule has 1 fully saturated rings. The minimum atomic E-state index is -0.429. The molecule has 0 radical (unpaired) electrons. The van der Waals surface area contributed by atoms with Crippen LogP contribution >= 0.6 is 11.3 Å². The number of hydrogen-bond acceptors (Lipinski definition) is 3. The van der Waals surface area contributed by atoms with Gasteiger partial charge in [0.25, 0.3) is 0 Å². The van der Waals surface area contributed by atoms with Crippen molar-refractivity contribution in [3.8, 4) is 0 Å². The summed E-state index contributed by atoms with van der Waals surface area (Å²) in [5.41, 5.74) is 0.450. The Labute approximate surface area is 117 Å². The number of rotatable bonds is 2. The maximum absolute atomic E-state index is 12.4. The van der Waals surface area contributed by atoms with Gasteiger partial charge in [-0.25, -0.2) is 0 Å². The first-order valence-electron chi connectivity index (χ1n) is 6.71. The van der Waals surface area contributed by atoms with E-state index in [1.165, 1.54) is 10.1 Å². The van der Waals surface area contributed by atoms with Crippen LogP contribution in [0.4, 0.5) is 5.69 Å². The fraction of sp³-hybridized carbons (Fsp3) is 0.400. The van der Waals surface area contributed by atoms with Gasteiger partial charge >= 0.3 is 0 Å². The third-order valence-electron chi connectivity index (χ3n) is 3.83. The number of piperidine rings is 1. The summed E-state index contributed by atoms with van der Waals surface area (Å²) in [7, 11) is 0. The number of carbonyl (C=O) groups is 1. The highest BCUT2D eigenvalue weighted by Gasteiger charge is 2.34. The summed E-state index contributed by atoms with van der Waals surface area (Å²) in [5.74, 6) is 0.0711. The lowest BCUT2D eigenvalue weighted by Crippen LogP contribution is -2.54. The average molecular weight is 274 g/mol. The summed E-state index contributed by atoms with van der Waals surface area (Å²) in [4.78, 5) is 12.4. The van der Waals surface area contributed by atoms with Gasteiger partial charge in [-0.3, -0.25) is 4.79 Å². The Balaban J connectivity index is 1.78. The van der Waals surface area contributed by atoms with E-state index in [0.29, 0.717) is 0 Å². The van der Waals surface area contributed by atoms with Gasteiger partial charge in [0.1, 0.15) is 0 Å². The Kier molecular flexibility index (Phi) is 3.29. The van der Waals surface area contributed by atoms with Crippen molar-refractivity contribution in [3.63, 3.8) is 0 Å². The molecule has 2 heterocycles. The molecule has 100 valence electrons. The van der Waals surface area contributed by atoms with Gasteiger partial charge < -0.3 is 10.6 Å². The number of anilines is 1. The third kappa shape index (κ3) is 2.51. The van der Waals surface area contributed by atoms with Crippen LogP contribution in [0.1, 0.15) is 26.2 Å². The van der Waals surface area contributed by atoms with Gasteiger partial charge in [-0.1, -0.05) is 0 Å². The highest BCUT2D eigenvalue weighted by Crippen LogP contribution is 2.25. The van der Waals surface area contributed by atoms with Gasteiger partial charge in [0.15, 0.2) is 0 Å². The van der Waals surface area contributed by atoms with Crippen molar-refractivity contribution in [1.82, 2.24) is 5.32 Å². The highest BCUT2D eigenvalue weighted by molar-refractivity contribution is 7.17. The van der Waals surface area contributed by atoms with E-state index in [2.05, 4.69) is 28.1 Å². The molecular weight excluding hydrogens is 256 g/mol. The van der Waals surface area contributed by atoms with Crippen molar-refractivity contribution < 1.29 is 4.79 Å². The van der Waals surface area contributed by atoms with Crippen LogP contribution in [-0.4, -0.2) is 18.0 Å². The van der Waals surface area contributed by atoms with Gasteiger partial charge in [-0.15, -0.1) is 11.3 Å². The highest BCUT2D eigenvalue weighted by atomic mass is 32.1. The van der Waals surface area contributed by atoms with E-state index in [-0.39, 0.29) is 5.91 Å². The molecule has 3 rings (SSSR count). The van der Waals surface area contributed by atoms with Crippen LogP contribution < -0.4 is 10.6 Å². The van der Waals surface area contributed by atoms with E-state index in [4.69, 9.17) is 0 Å². The molecule has 1 saturated heterocycles. The van der Waals surface area contributed by atoms with Crippen LogP contribution in [0.25, 0.3) is 10.1 Å². The minimum Gasteiger partial charge on any atom is -0.324 e. The molecule has 1 atom stereocenters. The van der Waals surface area contributed by atoms with Gasteiger partial charge in [-0.05, 0) is 67.8 Å². The first-order valence-corrected chi connectivity index (χ1v) is 7.59. The Morgan fingerprint density at radius 1 is 1.37 bits per heavy atom. The van der Waals surface area contributed by atoms with Crippen molar-refractivity contribution in [3.05, 3.63) is 29.6 Å². The first kappa shape index (κ1) is 12.6. The van der Waals surface area contributed by atoms with Crippen molar-refractivity contribution >= 4 is 33.0 Å². The molecule has 0 bridgehead atoms. The fourth-order valence-electron chi connectivity index (χ4n) is 2.56. The maximum Gasteiger partial charge on any atom is 0.244 e. The molecule has 0 spiro atoms. The number of carbonyl (C=O) groups excluding carboxylic acids is 1. The molecule has 4 heteroatoms. The second-order valence-electron chi connectivity index (χ2n) is 5.34. The number of benzene rings is 1. The number of thiophene rings is 1. The van der Waals surface area contributed by atoms with E-state index in [1.807, 2.05) is 19.1 Å². The standard InChI is InChI=1S/C15H18N2OS/c1-15(7-2-3-8-16-15)14(18)17-12-4-5-13-11(10-12)6-9-19-13/h4-6,9-10,16H,2-3,7-8H2,1H3,(H,17,18). The maximum atomic E-state index is 12.4. The van der Waals surface area contributed by atoms with Crippen LogP contribution in [-0.2, 0) is 4.79 Å². The molecule has 19 heavy (non-hydrogen) atoms. The average Bonchev–Trinajstić information content (AvgIpc) is 2.87. The van der Waals surface area contributed by atoms with Crippen molar-refractivity contribution in [2.24, 2.45) is 0 Å². The molecule has 3 nitrogen and oxygen atoms in total. The third-order valence-corrected chi connectivity index (χ3v) is 4.73. The largest absolute Gasteiger partial charge is 0.324 e. The normalized spacial score (nSPS) is 23.4. The number of fused-ring (bicyclic) bond motifs is 1. The lowest BCUT2D eigenvalue weighted by Gasteiger charge is -2.33. The molecule has 0 saturated carbocycles. The van der Waals surface area contributed by atoms with Crippen LogP contribution in [0.15, 0.2) is 29.6 Å². The molecule has 1 unspecified atom stereocenters.